The molecule has 6 atom stereocenters. The molecule has 0 saturated carbocycles. The minimum Gasteiger partial charge on any atom is -0.508 e. The van der Waals surface area contributed by atoms with Gasteiger partial charge in [0.2, 0.25) is 29.5 Å². The Morgan fingerprint density at radius 3 is 1.59 bits per heavy atom. The van der Waals surface area contributed by atoms with Gasteiger partial charge in [0, 0.05) is 19.5 Å². The van der Waals surface area contributed by atoms with Crippen LogP contribution in [-0.2, 0) is 40.0 Å². The average Bonchev–Trinajstić information content (AvgIpc) is 3.15. The topological polar surface area (TPSA) is 421 Å². The number of nitrogens with one attached hydrogen (secondary N) is 5. The lowest BCUT2D eigenvalue weighted by Gasteiger charge is -2.28. The fraction of sp³-hybridized carbons (Fsp3) is 0.583. The van der Waals surface area contributed by atoms with E-state index in [2.05, 4.69) is 36.6 Å². The number of hydrogen-bond donors (Lipinski definition) is 14. The number of carbonyl (C=O) groups excluding carboxylic acids is 5. The van der Waals surface area contributed by atoms with Crippen LogP contribution in [-0.4, -0.2) is 125 Å². The molecule has 59 heavy (non-hydrogen) atoms. The monoisotopic (exact) mass is 835 g/mol. The number of nitrogens with zero attached hydrogens (tertiary/aromatic N) is 2. The lowest BCUT2D eigenvalue weighted by atomic mass is 10.0. The van der Waals surface area contributed by atoms with Crippen LogP contribution in [0.15, 0.2) is 34.3 Å². The molecular formula is C36H61N13O10. The fourth-order valence-corrected chi connectivity index (χ4v) is 5.51. The zero-order valence-electron chi connectivity index (χ0n) is 33.4. The van der Waals surface area contributed by atoms with Gasteiger partial charge < -0.3 is 76.3 Å². The molecule has 20 N–H and O–H groups in total. The molecular weight excluding hydrogens is 774 g/mol. The molecule has 0 spiro atoms. The molecule has 0 aromatic heterocycles. The minimum atomic E-state index is -1.73. The number of phenols is 1. The van der Waals surface area contributed by atoms with Crippen molar-refractivity contribution < 1.29 is 48.9 Å². The van der Waals surface area contributed by atoms with Crippen LogP contribution in [0, 0.1) is 5.92 Å². The zero-order chi connectivity index (χ0) is 44.7. The summed E-state index contributed by atoms with van der Waals surface area (Å²) in [5, 5.41) is 41.4. The summed E-state index contributed by atoms with van der Waals surface area (Å²) < 4.78 is 0. The van der Waals surface area contributed by atoms with E-state index in [9.17, 15) is 48.9 Å². The summed E-state index contributed by atoms with van der Waals surface area (Å²) in [4.78, 5) is 99.0. The van der Waals surface area contributed by atoms with Crippen LogP contribution >= 0.6 is 0 Å². The maximum atomic E-state index is 13.7. The lowest BCUT2D eigenvalue weighted by molar-refractivity contribution is -0.142. The van der Waals surface area contributed by atoms with Crippen LogP contribution in [0.2, 0.25) is 0 Å². The highest BCUT2D eigenvalue weighted by molar-refractivity contribution is 5.97. The van der Waals surface area contributed by atoms with Gasteiger partial charge in [0.05, 0.1) is 12.5 Å². The molecule has 0 radical (unpaired) electrons. The van der Waals surface area contributed by atoms with Crippen molar-refractivity contribution in [1.82, 2.24) is 26.6 Å². The van der Waals surface area contributed by atoms with Gasteiger partial charge in [-0.3, -0.25) is 38.8 Å². The van der Waals surface area contributed by atoms with Crippen molar-refractivity contribution >= 4 is 53.4 Å². The van der Waals surface area contributed by atoms with E-state index in [0.29, 0.717) is 24.8 Å². The summed E-state index contributed by atoms with van der Waals surface area (Å²) in [5.74, 6) is -8.32. The summed E-state index contributed by atoms with van der Waals surface area (Å²) >= 11 is 0. The van der Waals surface area contributed by atoms with Gasteiger partial charge in [-0.25, -0.2) is 4.79 Å². The molecule has 0 saturated heterocycles. The number of unbranched alkanes of at least 4 members (excludes halogenated alkanes) is 1. The molecule has 1 aromatic rings. The molecule has 5 amide bonds. The Bertz CT molecular complexity index is 1620. The third-order valence-electron chi connectivity index (χ3n) is 8.71. The van der Waals surface area contributed by atoms with Gasteiger partial charge in [0.15, 0.2) is 11.9 Å². The molecule has 330 valence electrons. The second-order valence-corrected chi connectivity index (χ2v) is 14.1. The average molecular weight is 836 g/mol. The van der Waals surface area contributed by atoms with Crippen molar-refractivity contribution in [2.75, 3.05) is 19.6 Å². The maximum Gasteiger partial charge on any atom is 0.326 e. The highest BCUT2D eigenvalue weighted by Gasteiger charge is 2.34. The molecule has 0 bridgehead atoms. The van der Waals surface area contributed by atoms with Gasteiger partial charge in [-0.15, -0.1) is 0 Å². The van der Waals surface area contributed by atoms with Gasteiger partial charge in [-0.2, -0.15) is 0 Å². The Balaban J connectivity index is 3.26. The van der Waals surface area contributed by atoms with Gasteiger partial charge in [0.1, 0.15) is 36.0 Å². The van der Waals surface area contributed by atoms with E-state index in [1.54, 1.807) is 13.8 Å². The van der Waals surface area contributed by atoms with Crippen LogP contribution in [0.4, 0.5) is 0 Å². The number of guanidine groups is 2. The van der Waals surface area contributed by atoms with Crippen molar-refractivity contribution in [3.05, 3.63) is 29.8 Å². The SMILES string of the molecule is CC(C)[C@H](NC(=O)[C@H](CC(=O)O)NC(=O)[C@H](CCCCN)NC(=O)[C@@H](N)CCCN=C(N)N)C(=O)N[C@@H](CCCN=C(N)N)C(=O)N[C@@H](Cc1ccc(O)cc1)C(=O)O. The number of carboxylic acid groups (broad SMARTS) is 2. The van der Waals surface area contributed by atoms with Gasteiger partial charge in [-0.05, 0) is 75.1 Å². The number of carboxylic acids is 2. The highest BCUT2D eigenvalue weighted by Crippen LogP contribution is 2.13. The Morgan fingerprint density at radius 1 is 0.627 bits per heavy atom. The van der Waals surface area contributed by atoms with Crippen molar-refractivity contribution in [2.45, 2.75) is 108 Å². The van der Waals surface area contributed by atoms with E-state index in [-0.39, 0.29) is 69.4 Å². The van der Waals surface area contributed by atoms with Gasteiger partial charge >= 0.3 is 11.9 Å². The number of rotatable bonds is 28. The lowest BCUT2D eigenvalue weighted by Crippen LogP contribution is -2.60. The van der Waals surface area contributed by atoms with E-state index < -0.39 is 90.1 Å². The predicted molar refractivity (Wildman–Crippen MR) is 217 cm³/mol. The minimum absolute atomic E-state index is 0.0441. The first-order chi connectivity index (χ1) is 27.7. The third kappa shape index (κ3) is 20.7. The number of amides is 5. The molecule has 0 aliphatic rings. The Morgan fingerprint density at radius 2 is 1.10 bits per heavy atom. The summed E-state index contributed by atoms with van der Waals surface area (Å²) in [6.07, 6.45) is 0.459. The van der Waals surface area contributed by atoms with Crippen LogP contribution in [0.25, 0.3) is 0 Å². The van der Waals surface area contributed by atoms with Crippen molar-refractivity contribution in [3.8, 4) is 5.75 Å². The quantitative estimate of drug-likeness (QED) is 0.0218. The van der Waals surface area contributed by atoms with E-state index in [4.69, 9.17) is 34.4 Å². The van der Waals surface area contributed by atoms with Crippen LogP contribution in [0.5, 0.6) is 5.75 Å². The summed E-state index contributed by atoms with van der Waals surface area (Å²) in [6, 6.07) is -2.55. The number of phenolic OH excluding ortho intramolecular Hbond substituents is 1. The first-order valence-corrected chi connectivity index (χ1v) is 19.1. The van der Waals surface area contributed by atoms with E-state index in [1.807, 2.05) is 0 Å². The molecule has 23 heteroatoms. The second-order valence-electron chi connectivity index (χ2n) is 14.1. The summed E-state index contributed by atoms with van der Waals surface area (Å²) in [5.41, 5.74) is 33.5. The number of benzene rings is 1. The fourth-order valence-electron chi connectivity index (χ4n) is 5.51. The summed E-state index contributed by atoms with van der Waals surface area (Å²) in [6.45, 7) is 3.67. The normalized spacial score (nSPS) is 13.9. The smallest absolute Gasteiger partial charge is 0.326 e. The number of hydrogen-bond acceptors (Lipinski definition) is 12. The maximum absolute atomic E-state index is 13.7. The number of aromatic hydroxyl groups is 1. The van der Waals surface area contributed by atoms with Gasteiger partial charge in [-0.1, -0.05) is 26.0 Å². The number of aliphatic imine (C=N–C) groups is 2. The Hall–Kier alpha value is -6.23. The Kier molecular flexibility index (Phi) is 22.9. The molecule has 0 aliphatic heterocycles. The largest absolute Gasteiger partial charge is 0.508 e. The number of nitrogens with two attached hydrogens (primary N) is 6. The molecule has 0 unspecified atom stereocenters. The standard InChI is InChI=1S/C36H61N13O10/c1-19(2)28(33(57)46-24(9-6-16-44-36(41)42)31(55)48-26(34(58)59)17-20-10-12-21(50)13-11-20)49-32(56)25(18-27(51)52)47-30(54)23(8-3-4-14-37)45-29(53)22(38)7-5-15-43-35(39)40/h10-13,19,22-26,28,50H,3-9,14-18,37-38H2,1-2H3,(H,45,53)(H,46,57)(H,47,54)(H,48,55)(H,49,56)(H,51,52)(H,58,59)(H4,39,40,43)(H4,41,42,44)/t22-,23-,24-,25-,26-,28-/m0/s1. The predicted octanol–water partition coefficient (Wildman–Crippen LogP) is -3.86. The highest BCUT2D eigenvalue weighted by atomic mass is 16.4. The van der Waals surface area contributed by atoms with Crippen molar-refractivity contribution in [3.63, 3.8) is 0 Å². The molecule has 0 heterocycles. The Labute approximate surface area is 341 Å². The van der Waals surface area contributed by atoms with Crippen molar-refractivity contribution in [2.24, 2.45) is 50.3 Å². The van der Waals surface area contributed by atoms with Crippen molar-refractivity contribution in [1.29, 1.82) is 0 Å². The molecule has 0 fully saturated rings. The molecule has 0 aliphatic carbocycles. The first kappa shape index (κ1) is 50.8. The van der Waals surface area contributed by atoms with E-state index in [0.717, 1.165) is 0 Å². The number of carbonyl (C=O) groups is 7. The van der Waals surface area contributed by atoms with Gasteiger partial charge in [0.25, 0.3) is 0 Å². The van der Waals surface area contributed by atoms with Crippen LogP contribution in [0.1, 0.15) is 70.8 Å². The van der Waals surface area contributed by atoms with E-state index in [1.165, 1.54) is 24.3 Å². The second kappa shape index (κ2) is 26.6. The summed E-state index contributed by atoms with van der Waals surface area (Å²) in [7, 11) is 0. The zero-order valence-corrected chi connectivity index (χ0v) is 33.4. The molecule has 1 aromatic carbocycles. The van der Waals surface area contributed by atoms with Crippen LogP contribution in [0.3, 0.4) is 0 Å². The number of aliphatic carboxylic acids is 2. The van der Waals surface area contributed by atoms with E-state index >= 15 is 0 Å². The van der Waals surface area contributed by atoms with Crippen LogP contribution < -0.4 is 61.0 Å². The first-order valence-electron chi connectivity index (χ1n) is 19.1. The molecule has 23 nitrogen and oxygen atoms in total. The third-order valence-corrected chi connectivity index (χ3v) is 8.71. The molecule has 1 rings (SSSR count).